The van der Waals surface area contributed by atoms with Crippen LogP contribution in [0.15, 0.2) is 175 Å². The zero-order valence-corrected chi connectivity index (χ0v) is 27.4. The molecule has 0 unspecified atom stereocenters. The van der Waals surface area contributed by atoms with Crippen LogP contribution in [0.4, 0.5) is 0 Å². The summed E-state index contributed by atoms with van der Waals surface area (Å²) in [5.41, 5.74) is 12.4. The van der Waals surface area contributed by atoms with E-state index in [9.17, 15) is 0 Å². The Kier molecular flexibility index (Phi) is 5.89. The third kappa shape index (κ3) is 4.03. The lowest BCUT2D eigenvalue weighted by molar-refractivity contribution is 0.670. The molecule has 0 aliphatic rings. The number of benzene rings is 6. The molecule has 11 rings (SSSR count). The van der Waals surface area contributed by atoms with Gasteiger partial charge in [0.25, 0.3) is 0 Å². The number of fused-ring (bicyclic) bond motifs is 9. The summed E-state index contributed by atoms with van der Waals surface area (Å²) in [4.78, 5) is 9.64. The zero-order valence-electron chi connectivity index (χ0n) is 27.4. The molecule has 0 amide bonds. The number of furan rings is 1. The van der Waals surface area contributed by atoms with Crippen LogP contribution < -0.4 is 0 Å². The first-order chi connectivity index (χ1) is 25.3. The molecule has 51 heavy (non-hydrogen) atoms. The fourth-order valence-electron chi connectivity index (χ4n) is 8.07. The first-order valence-electron chi connectivity index (χ1n) is 17.2. The van der Waals surface area contributed by atoms with Crippen LogP contribution in [0.3, 0.4) is 0 Å². The highest BCUT2D eigenvalue weighted by molar-refractivity contribution is 6.13. The van der Waals surface area contributed by atoms with Gasteiger partial charge in [-0.3, -0.25) is 4.57 Å². The predicted molar refractivity (Wildman–Crippen MR) is 209 cm³/mol. The van der Waals surface area contributed by atoms with Crippen LogP contribution in [-0.2, 0) is 0 Å². The normalized spacial score (nSPS) is 11.9. The summed E-state index contributed by atoms with van der Waals surface area (Å²) in [5.74, 6) is 0. The Bertz CT molecular complexity index is 3060. The van der Waals surface area contributed by atoms with Crippen molar-refractivity contribution in [2.75, 3.05) is 0 Å². The summed E-state index contributed by atoms with van der Waals surface area (Å²) in [6.07, 6.45) is 3.69. The van der Waals surface area contributed by atoms with E-state index in [2.05, 4.69) is 155 Å². The van der Waals surface area contributed by atoms with Crippen LogP contribution in [0.5, 0.6) is 0 Å². The maximum absolute atomic E-state index is 6.75. The SMILES string of the molecule is c1ccc(-n2c3ccccc3c3ccccc32)c(-c2ccc3oc4c(-c5ccccc5-n5c6ncccc6c6cccnc65)cccc4c3c2)c1. The van der Waals surface area contributed by atoms with Gasteiger partial charge in [0.05, 0.1) is 22.4 Å². The summed E-state index contributed by atoms with van der Waals surface area (Å²) in [7, 11) is 0. The van der Waals surface area contributed by atoms with Gasteiger partial charge in [-0.2, -0.15) is 0 Å². The van der Waals surface area contributed by atoms with Gasteiger partial charge in [-0.05, 0) is 66.2 Å². The first kappa shape index (κ1) is 27.9. The third-order valence-corrected chi connectivity index (χ3v) is 10.3. The van der Waals surface area contributed by atoms with Crippen molar-refractivity contribution in [1.82, 2.24) is 19.1 Å². The van der Waals surface area contributed by atoms with Gasteiger partial charge in [0.2, 0.25) is 0 Å². The maximum atomic E-state index is 6.75. The molecule has 0 aliphatic heterocycles. The standard InChI is InChI=1S/C46H28N4O/c1-5-20-39(49-40-21-6-2-13-31(40)32-14-3-7-22-41(32)49)30(12-1)29-24-25-43-38(28-29)35-17-9-16-34(44(35)51-43)33-15-4-8-23-42(33)50-45-36(18-10-26-47-45)37-19-11-27-48-46(37)50/h1-28H. The second-order valence-corrected chi connectivity index (χ2v) is 13.0. The summed E-state index contributed by atoms with van der Waals surface area (Å²) in [6.45, 7) is 0. The molecule has 0 fully saturated rings. The highest BCUT2D eigenvalue weighted by Crippen LogP contribution is 2.42. The van der Waals surface area contributed by atoms with E-state index in [1.165, 1.54) is 21.8 Å². The Morgan fingerprint density at radius 1 is 0.392 bits per heavy atom. The van der Waals surface area contributed by atoms with Gasteiger partial charge in [0, 0.05) is 61.4 Å². The van der Waals surface area contributed by atoms with Gasteiger partial charge < -0.3 is 8.98 Å². The molecule has 11 aromatic rings. The lowest BCUT2D eigenvalue weighted by atomic mass is 9.98. The summed E-state index contributed by atoms with van der Waals surface area (Å²) >= 11 is 0. The predicted octanol–water partition coefficient (Wildman–Crippen LogP) is 11.9. The molecular formula is C46H28N4O. The van der Waals surface area contributed by atoms with E-state index in [0.29, 0.717) is 0 Å². The minimum Gasteiger partial charge on any atom is -0.455 e. The topological polar surface area (TPSA) is 48.8 Å². The number of hydrogen-bond donors (Lipinski definition) is 0. The van der Waals surface area contributed by atoms with E-state index < -0.39 is 0 Å². The number of nitrogens with zero attached hydrogens (tertiary/aromatic N) is 4. The Balaban J connectivity index is 1.11. The van der Waals surface area contributed by atoms with Crippen molar-refractivity contribution in [1.29, 1.82) is 0 Å². The van der Waals surface area contributed by atoms with Gasteiger partial charge in [-0.25, -0.2) is 9.97 Å². The van der Waals surface area contributed by atoms with Gasteiger partial charge in [0.1, 0.15) is 22.5 Å². The molecule has 5 aromatic heterocycles. The van der Waals surface area contributed by atoms with E-state index in [1.54, 1.807) is 0 Å². The van der Waals surface area contributed by atoms with E-state index in [1.807, 2.05) is 24.5 Å². The van der Waals surface area contributed by atoms with E-state index >= 15 is 0 Å². The molecule has 6 aromatic carbocycles. The van der Waals surface area contributed by atoms with Crippen LogP contribution in [0, 0.1) is 0 Å². The van der Waals surface area contributed by atoms with Crippen molar-refractivity contribution in [3.8, 4) is 33.6 Å². The van der Waals surface area contributed by atoms with Crippen LogP contribution in [-0.4, -0.2) is 19.1 Å². The molecule has 5 heteroatoms. The smallest absolute Gasteiger partial charge is 0.146 e. The van der Waals surface area contributed by atoms with Crippen LogP contribution in [0.25, 0.3) is 99.4 Å². The molecule has 0 atom stereocenters. The number of pyridine rings is 2. The fraction of sp³-hybridized carbons (Fsp3) is 0. The molecule has 0 N–H and O–H groups in total. The molecular weight excluding hydrogens is 625 g/mol. The van der Waals surface area contributed by atoms with E-state index in [-0.39, 0.29) is 0 Å². The first-order valence-corrected chi connectivity index (χ1v) is 17.2. The van der Waals surface area contributed by atoms with Crippen LogP contribution in [0.1, 0.15) is 0 Å². The number of rotatable bonds is 4. The average molecular weight is 653 g/mol. The van der Waals surface area contributed by atoms with Crippen LogP contribution >= 0.6 is 0 Å². The number of hydrogen-bond acceptors (Lipinski definition) is 3. The van der Waals surface area contributed by atoms with Gasteiger partial charge in [-0.1, -0.05) is 97.1 Å². The summed E-state index contributed by atoms with van der Waals surface area (Å²) in [5, 5.41) is 6.81. The number of para-hydroxylation sites is 5. The Hall–Kier alpha value is -6.98. The highest BCUT2D eigenvalue weighted by Gasteiger charge is 2.21. The van der Waals surface area contributed by atoms with Crippen molar-refractivity contribution in [3.63, 3.8) is 0 Å². The van der Waals surface area contributed by atoms with Crippen LogP contribution in [0.2, 0.25) is 0 Å². The van der Waals surface area contributed by atoms with Crippen molar-refractivity contribution in [3.05, 3.63) is 170 Å². The van der Waals surface area contributed by atoms with Crippen molar-refractivity contribution in [2.45, 2.75) is 0 Å². The molecule has 0 saturated carbocycles. The van der Waals surface area contributed by atoms with Gasteiger partial charge >= 0.3 is 0 Å². The fourth-order valence-corrected chi connectivity index (χ4v) is 8.07. The molecule has 0 bridgehead atoms. The Labute approximate surface area is 292 Å². The lowest BCUT2D eigenvalue weighted by Gasteiger charge is -2.14. The molecule has 0 radical (unpaired) electrons. The zero-order chi connectivity index (χ0) is 33.5. The minimum atomic E-state index is 0.855. The van der Waals surface area contributed by atoms with Gasteiger partial charge in [-0.15, -0.1) is 0 Å². The van der Waals surface area contributed by atoms with E-state index in [4.69, 9.17) is 14.4 Å². The largest absolute Gasteiger partial charge is 0.455 e. The molecule has 238 valence electrons. The summed E-state index contributed by atoms with van der Waals surface area (Å²) in [6, 6.07) is 55.7. The van der Waals surface area contributed by atoms with E-state index in [0.717, 1.165) is 77.6 Å². The minimum absolute atomic E-state index is 0.855. The summed E-state index contributed by atoms with van der Waals surface area (Å²) < 4.78 is 11.3. The lowest BCUT2D eigenvalue weighted by Crippen LogP contribution is -1.99. The maximum Gasteiger partial charge on any atom is 0.146 e. The Morgan fingerprint density at radius 2 is 0.941 bits per heavy atom. The quantitative estimate of drug-likeness (QED) is 0.190. The average Bonchev–Trinajstić information content (AvgIpc) is 3.85. The number of aromatic nitrogens is 4. The molecule has 0 saturated heterocycles. The molecule has 0 aliphatic carbocycles. The third-order valence-electron chi connectivity index (χ3n) is 10.3. The molecule has 5 heterocycles. The monoisotopic (exact) mass is 652 g/mol. The van der Waals surface area contributed by atoms with Crippen molar-refractivity contribution in [2.24, 2.45) is 0 Å². The van der Waals surface area contributed by atoms with Gasteiger partial charge in [0.15, 0.2) is 0 Å². The van der Waals surface area contributed by atoms with Crippen molar-refractivity contribution < 1.29 is 4.42 Å². The highest BCUT2D eigenvalue weighted by atomic mass is 16.3. The molecule has 5 nitrogen and oxygen atoms in total. The Morgan fingerprint density at radius 3 is 1.65 bits per heavy atom. The second kappa shape index (κ2) is 10.8. The second-order valence-electron chi connectivity index (χ2n) is 13.0. The molecule has 0 spiro atoms. The van der Waals surface area contributed by atoms with Crippen molar-refractivity contribution >= 4 is 65.8 Å².